The lowest BCUT2D eigenvalue weighted by Crippen LogP contribution is -2.29. The van der Waals surface area contributed by atoms with Gasteiger partial charge in [0, 0.05) is 25.0 Å². The summed E-state index contributed by atoms with van der Waals surface area (Å²) in [6, 6.07) is 2.73. The number of nitro groups is 1. The normalized spacial score (nSPS) is 15.5. The topological polar surface area (TPSA) is 80.5 Å². The van der Waals surface area contributed by atoms with Crippen molar-refractivity contribution in [3.63, 3.8) is 0 Å². The van der Waals surface area contributed by atoms with E-state index in [0.29, 0.717) is 4.90 Å². The molecule has 2 amide bonds. The van der Waals surface area contributed by atoms with E-state index in [1.807, 2.05) is 0 Å². The lowest BCUT2D eigenvalue weighted by atomic mass is 10.2. The summed E-state index contributed by atoms with van der Waals surface area (Å²) in [6.45, 7) is 0. The van der Waals surface area contributed by atoms with E-state index in [2.05, 4.69) is 0 Å². The summed E-state index contributed by atoms with van der Waals surface area (Å²) in [7, 11) is 0. The van der Waals surface area contributed by atoms with Gasteiger partial charge in [0.2, 0.25) is 11.8 Å². The van der Waals surface area contributed by atoms with Crippen LogP contribution in [0, 0.1) is 15.9 Å². The first-order chi connectivity index (χ1) is 8.00. The van der Waals surface area contributed by atoms with E-state index in [1.54, 1.807) is 0 Å². The third-order valence-corrected chi connectivity index (χ3v) is 2.43. The molecule has 7 heteroatoms. The second kappa shape index (κ2) is 3.93. The fourth-order valence-corrected chi connectivity index (χ4v) is 1.63. The third kappa shape index (κ3) is 1.86. The van der Waals surface area contributed by atoms with E-state index < -0.39 is 22.6 Å². The van der Waals surface area contributed by atoms with Crippen molar-refractivity contribution >= 4 is 23.2 Å². The van der Waals surface area contributed by atoms with Gasteiger partial charge in [0.1, 0.15) is 5.82 Å². The molecule has 1 saturated heterocycles. The Balaban J connectivity index is 2.50. The van der Waals surface area contributed by atoms with Crippen LogP contribution in [0.5, 0.6) is 0 Å². The molecule has 0 bridgehead atoms. The van der Waals surface area contributed by atoms with Crippen molar-refractivity contribution in [3.8, 4) is 0 Å². The quantitative estimate of drug-likeness (QED) is 0.443. The summed E-state index contributed by atoms with van der Waals surface area (Å²) < 4.78 is 13.5. The van der Waals surface area contributed by atoms with Crippen LogP contribution < -0.4 is 4.90 Å². The van der Waals surface area contributed by atoms with Crippen LogP contribution in [0.3, 0.4) is 0 Å². The van der Waals surface area contributed by atoms with Crippen molar-refractivity contribution in [1.82, 2.24) is 0 Å². The minimum absolute atomic E-state index is 0.000958. The molecule has 1 heterocycles. The van der Waals surface area contributed by atoms with Crippen LogP contribution in [-0.2, 0) is 9.59 Å². The standard InChI is InChI=1S/C10H7FN2O4/c11-7-2-1-6(13(16)17)5-8(7)12-9(14)3-4-10(12)15/h1-2,5H,3-4H2. The van der Waals surface area contributed by atoms with Crippen LogP contribution >= 0.6 is 0 Å². The predicted molar refractivity (Wildman–Crippen MR) is 54.8 cm³/mol. The Kier molecular flexibility index (Phi) is 2.58. The SMILES string of the molecule is O=C1CCC(=O)N1c1cc([N+](=O)[O-])ccc1F. The highest BCUT2D eigenvalue weighted by Gasteiger charge is 2.33. The van der Waals surface area contributed by atoms with Crippen molar-refractivity contribution in [1.29, 1.82) is 0 Å². The zero-order valence-electron chi connectivity index (χ0n) is 8.55. The van der Waals surface area contributed by atoms with E-state index in [9.17, 15) is 24.1 Å². The largest absolute Gasteiger partial charge is 0.274 e. The molecule has 0 atom stereocenters. The lowest BCUT2D eigenvalue weighted by molar-refractivity contribution is -0.384. The zero-order chi connectivity index (χ0) is 12.6. The molecule has 0 spiro atoms. The number of hydrogen-bond donors (Lipinski definition) is 0. The Morgan fingerprint density at radius 3 is 2.35 bits per heavy atom. The molecule has 1 fully saturated rings. The summed E-state index contributed by atoms with van der Waals surface area (Å²) in [4.78, 5) is 33.3. The number of benzene rings is 1. The first kappa shape index (κ1) is 11.2. The van der Waals surface area contributed by atoms with Gasteiger partial charge in [0.25, 0.3) is 5.69 Å². The lowest BCUT2D eigenvalue weighted by Gasteiger charge is -2.14. The monoisotopic (exact) mass is 238 g/mol. The maximum atomic E-state index is 13.5. The summed E-state index contributed by atoms with van der Waals surface area (Å²) in [5, 5.41) is 10.5. The fraction of sp³-hybridized carbons (Fsp3) is 0.200. The number of anilines is 1. The van der Waals surface area contributed by atoms with E-state index in [1.165, 1.54) is 0 Å². The Labute approximate surface area is 94.8 Å². The molecule has 2 rings (SSSR count). The number of carbonyl (C=O) groups is 2. The van der Waals surface area contributed by atoms with Crippen molar-refractivity contribution < 1.29 is 18.9 Å². The molecule has 17 heavy (non-hydrogen) atoms. The smallest absolute Gasteiger partial charge is 0.271 e. The van der Waals surface area contributed by atoms with Crippen LogP contribution in [0.2, 0.25) is 0 Å². The Morgan fingerprint density at radius 2 is 1.82 bits per heavy atom. The molecular weight excluding hydrogens is 231 g/mol. The van der Waals surface area contributed by atoms with Gasteiger partial charge in [-0.05, 0) is 6.07 Å². The van der Waals surface area contributed by atoms with Gasteiger partial charge < -0.3 is 0 Å². The van der Waals surface area contributed by atoms with Crippen LogP contribution in [0.25, 0.3) is 0 Å². The van der Waals surface area contributed by atoms with Crippen molar-refractivity contribution in [2.45, 2.75) is 12.8 Å². The van der Waals surface area contributed by atoms with Crippen molar-refractivity contribution in [2.24, 2.45) is 0 Å². The summed E-state index contributed by atoms with van der Waals surface area (Å²) in [5.41, 5.74) is -0.722. The molecule has 1 aromatic carbocycles. The molecular formula is C10H7FN2O4. The molecule has 0 radical (unpaired) electrons. The van der Waals surface area contributed by atoms with E-state index in [-0.39, 0.29) is 24.2 Å². The molecule has 1 aliphatic heterocycles. The van der Waals surface area contributed by atoms with Gasteiger partial charge >= 0.3 is 0 Å². The number of imide groups is 1. The molecule has 0 aromatic heterocycles. The second-order valence-corrected chi connectivity index (χ2v) is 3.52. The zero-order valence-corrected chi connectivity index (χ0v) is 8.55. The van der Waals surface area contributed by atoms with Gasteiger partial charge in [-0.1, -0.05) is 0 Å². The number of rotatable bonds is 2. The number of hydrogen-bond acceptors (Lipinski definition) is 4. The molecule has 1 aliphatic rings. The van der Waals surface area contributed by atoms with Crippen LogP contribution in [0.15, 0.2) is 18.2 Å². The van der Waals surface area contributed by atoms with E-state index in [4.69, 9.17) is 0 Å². The maximum Gasteiger partial charge on any atom is 0.271 e. The van der Waals surface area contributed by atoms with Gasteiger partial charge in [-0.25, -0.2) is 9.29 Å². The number of carbonyl (C=O) groups excluding carboxylic acids is 2. The van der Waals surface area contributed by atoms with E-state index in [0.717, 1.165) is 18.2 Å². The third-order valence-electron chi connectivity index (χ3n) is 2.43. The van der Waals surface area contributed by atoms with Gasteiger partial charge in [0.15, 0.2) is 0 Å². The predicted octanol–water partition coefficient (Wildman–Crippen LogP) is 1.39. The van der Waals surface area contributed by atoms with Gasteiger partial charge in [-0.3, -0.25) is 19.7 Å². The van der Waals surface area contributed by atoms with Crippen molar-refractivity contribution in [2.75, 3.05) is 4.90 Å². The molecule has 6 nitrogen and oxygen atoms in total. The van der Waals surface area contributed by atoms with Gasteiger partial charge in [0.05, 0.1) is 10.6 Å². The number of nitro benzene ring substituents is 1. The van der Waals surface area contributed by atoms with Crippen LogP contribution in [0.4, 0.5) is 15.8 Å². The highest BCUT2D eigenvalue weighted by atomic mass is 19.1. The Bertz CT molecular complexity index is 513. The first-order valence-corrected chi connectivity index (χ1v) is 4.80. The molecule has 0 unspecified atom stereocenters. The van der Waals surface area contributed by atoms with Gasteiger partial charge in [-0.15, -0.1) is 0 Å². The Hall–Kier alpha value is -2.31. The van der Waals surface area contributed by atoms with Crippen molar-refractivity contribution in [3.05, 3.63) is 34.1 Å². The highest BCUT2D eigenvalue weighted by molar-refractivity contribution is 6.19. The molecule has 0 saturated carbocycles. The molecule has 1 aromatic rings. The number of nitrogens with zero attached hydrogens (tertiary/aromatic N) is 2. The van der Waals surface area contributed by atoms with E-state index >= 15 is 0 Å². The van der Waals surface area contributed by atoms with Crippen LogP contribution in [-0.4, -0.2) is 16.7 Å². The highest BCUT2D eigenvalue weighted by Crippen LogP contribution is 2.28. The maximum absolute atomic E-state index is 13.5. The number of non-ortho nitro benzene ring substituents is 1. The first-order valence-electron chi connectivity index (χ1n) is 4.80. The molecule has 88 valence electrons. The minimum atomic E-state index is -0.834. The average Bonchev–Trinajstić information content (AvgIpc) is 2.59. The fourth-order valence-electron chi connectivity index (χ4n) is 1.63. The van der Waals surface area contributed by atoms with Gasteiger partial charge in [-0.2, -0.15) is 0 Å². The average molecular weight is 238 g/mol. The molecule has 0 aliphatic carbocycles. The number of halogens is 1. The summed E-state index contributed by atoms with van der Waals surface area (Å²) in [5.74, 6) is -1.93. The summed E-state index contributed by atoms with van der Waals surface area (Å²) >= 11 is 0. The molecule has 0 N–H and O–H groups in total. The number of amides is 2. The summed E-state index contributed by atoms with van der Waals surface area (Å²) in [6.07, 6.45) is 0.00192. The minimum Gasteiger partial charge on any atom is -0.274 e. The van der Waals surface area contributed by atoms with Crippen LogP contribution in [0.1, 0.15) is 12.8 Å². The second-order valence-electron chi connectivity index (χ2n) is 3.52. The Morgan fingerprint density at radius 1 is 1.24 bits per heavy atom.